The van der Waals surface area contributed by atoms with Gasteiger partial charge in [0.2, 0.25) is 0 Å². The number of amides is 1. The van der Waals surface area contributed by atoms with Crippen LogP contribution in [0, 0.1) is 6.92 Å². The first kappa shape index (κ1) is 18.1. The van der Waals surface area contributed by atoms with Crippen LogP contribution < -0.4 is 0 Å². The number of carbonyl (C=O) groups excluding carboxylic acids is 1. The molecular weight excluding hydrogens is 322 g/mol. The number of hydrogen-bond donors (Lipinski definition) is 1. The highest BCUT2D eigenvalue weighted by Crippen LogP contribution is 2.28. The van der Waals surface area contributed by atoms with Gasteiger partial charge in [-0.1, -0.05) is 36.4 Å². The number of aliphatic carboxylic acids is 1. The number of aryl methyl sites for hydroxylation is 1. The van der Waals surface area contributed by atoms with Gasteiger partial charge in [0.25, 0.3) is 5.91 Å². The smallest absolute Gasteiger partial charge is 0.316 e. The molecule has 0 spiro atoms. The molecule has 0 aliphatic heterocycles. The molecule has 0 aliphatic carbocycles. The molecule has 24 heavy (non-hydrogen) atoms. The maximum absolute atomic E-state index is 12.8. The topological polar surface area (TPSA) is 57.6 Å². The SMILES string of the molecule is Cc1ccccc1CN(C)C(=O)c1ccccc1SC(C)C(=O)O. The molecule has 0 aliphatic rings. The van der Waals surface area contributed by atoms with Gasteiger partial charge in [-0.3, -0.25) is 9.59 Å². The van der Waals surface area contributed by atoms with Gasteiger partial charge in [-0.2, -0.15) is 0 Å². The van der Waals surface area contributed by atoms with Crippen molar-refractivity contribution in [1.82, 2.24) is 4.90 Å². The monoisotopic (exact) mass is 343 g/mol. The van der Waals surface area contributed by atoms with Gasteiger partial charge in [-0.15, -0.1) is 11.8 Å². The maximum Gasteiger partial charge on any atom is 0.316 e. The highest BCUT2D eigenvalue weighted by Gasteiger charge is 2.20. The Labute approximate surface area is 146 Å². The molecule has 4 nitrogen and oxygen atoms in total. The fraction of sp³-hybridized carbons (Fsp3) is 0.263. The molecule has 0 saturated heterocycles. The van der Waals surface area contributed by atoms with E-state index in [2.05, 4.69) is 0 Å². The molecule has 2 aromatic rings. The lowest BCUT2D eigenvalue weighted by molar-refractivity contribution is -0.136. The van der Waals surface area contributed by atoms with Crippen molar-refractivity contribution < 1.29 is 14.7 Å². The largest absolute Gasteiger partial charge is 0.480 e. The molecule has 0 radical (unpaired) electrons. The summed E-state index contributed by atoms with van der Waals surface area (Å²) in [5.41, 5.74) is 2.77. The van der Waals surface area contributed by atoms with Crippen molar-refractivity contribution in [2.75, 3.05) is 7.05 Å². The number of hydrogen-bond acceptors (Lipinski definition) is 3. The minimum atomic E-state index is -0.893. The molecule has 0 bridgehead atoms. The number of carboxylic acid groups (broad SMARTS) is 1. The van der Waals surface area contributed by atoms with Crippen molar-refractivity contribution >= 4 is 23.6 Å². The summed E-state index contributed by atoms with van der Waals surface area (Å²) in [5, 5.41) is 8.48. The van der Waals surface area contributed by atoms with Gasteiger partial charge < -0.3 is 10.0 Å². The van der Waals surface area contributed by atoms with Crippen molar-refractivity contribution in [2.45, 2.75) is 30.5 Å². The van der Waals surface area contributed by atoms with Crippen LogP contribution in [0.25, 0.3) is 0 Å². The van der Waals surface area contributed by atoms with Crippen LogP contribution in [0.5, 0.6) is 0 Å². The molecule has 0 fully saturated rings. The van der Waals surface area contributed by atoms with Gasteiger partial charge in [-0.25, -0.2) is 0 Å². The average molecular weight is 343 g/mol. The zero-order valence-corrected chi connectivity index (χ0v) is 14.8. The third kappa shape index (κ3) is 4.38. The molecule has 0 heterocycles. The Morgan fingerprint density at radius 2 is 1.75 bits per heavy atom. The first-order chi connectivity index (χ1) is 11.4. The summed E-state index contributed by atoms with van der Waals surface area (Å²) in [7, 11) is 1.76. The number of benzene rings is 2. The van der Waals surface area contributed by atoms with E-state index in [0.717, 1.165) is 11.1 Å². The zero-order chi connectivity index (χ0) is 17.7. The van der Waals surface area contributed by atoms with Gasteiger partial charge >= 0.3 is 5.97 Å². The molecular formula is C19H21NO3S. The fourth-order valence-electron chi connectivity index (χ4n) is 2.31. The Kier molecular flexibility index (Phi) is 6.04. The number of rotatable bonds is 6. The molecule has 1 unspecified atom stereocenters. The summed E-state index contributed by atoms with van der Waals surface area (Å²) >= 11 is 1.19. The Morgan fingerprint density at radius 3 is 2.42 bits per heavy atom. The summed E-state index contributed by atoms with van der Waals surface area (Å²) in [6.45, 7) is 4.15. The van der Waals surface area contributed by atoms with E-state index in [0.29, 0.717) is 17.0 Å². The van der Waals surface area contributed by atoms with Crippen LogP contribution in [0.2, 0.25) is 0 Å². The lowest BCUT2D eigenvalue weighted by Crippen LogP contribution is -2.27. The van der Waals surface area contributed by atoms with Crippen LogP contribution in [0.15, 0.2) is 53.4 Å². The minimum absolute atomic E-state index is 0.112. The molecule has 5 heteroatoms. The standard InChI is InChI=1S/C19H21NO3S/c1-13-8-4-5-9-15(13)12-20(3)18(21)16-10-6-7-11-17(16)24-14(2)19(22)23/h4-11,14H,12H2,1-3H3,(H,22,23). The Morgan fingerprint density at radius 1 is 1.12 bits per heavy atom. The number of nitrogens with zero attached hydrogens (tertiary/aromatic N) is 1. The van der Waals surface area contributed by atoms with Crippen LogP contribution in [-0.2, 0) is 11.3 Å². The Balaban J connectivity index is 2.20. The van der Waals surface area contributed by atoms with Crippen molar-refractivity contribution in [2.24, 2.45) is 0 Å². The van der Waals surface area contributed by atoms with E-state index in [4.69, 9.17) is 5.11 Å². The van der Waals surface area contributed by atoms with E-state index in [-0.39, 0.29) is 5.91 Å². The van der Waals surface area contributed by atoms with Gasteiger partial charge in [-0.05, 0) is 37.1 Å². The second kappa shape index (κ2) is 8.02. The van der Waals surface area contributed by atoms with E-state index in [9.17, 15) is 9.59 Å². The van der Waals surface area contributed by atoms with E-state index in [1.807, 2.05) is 37.3 Å². The van der Waals surface area contributed by atoms with Crippen LogP contribution in [-0.4, -0.2) is 34.2 Å². The van der Waals surface area contributed by atoms with Crippen molar-refractivity contribution in [3.63, 3.8) is 0 Å². The lowest BCUT2D eigenvalue weighted by atomic mass is 10.1. The number of thioether (sulfide) groups is 1. The van der Waals surface area contributed by atoms with Crippen LogP contribution in [0.3, 0.4) is 0 Å². The Bertz CT molecular complexity index is 745. The highest BCUT2D eigenvalue weighted by molar-refractivity contribution is 8.00. The Hall–Kier alpha value is -2.27. The van der Waals surface area contributed by atoms with Crippen LogP contribution in [0.4, 0.5) is 0 Å². The first-order valence-electron chi connectivity index (χ1n) is 7.68. The second-order valence-corrected chi connectivity index (χ2v) is 7.06. The third-order valence-corrected chi connectivity index (χ3v) is 4.95. The zero-order valence-electron chi connectivity index (χ0n) is 14.0. The molecule has 1 N–H and O–H groups in total. The lowest BCUT2D eigenvalue weighted by Gasteiger charge is -2.20. The quantitative estimate of drug-likeness (QED) is 0.810. The summed E-state index contributed by atoms with van der Waals surface area (Å²) < 4.78 is 0. The molecule has 2 rings (SSSR count). The minimum Gasteiger partial charge on any atom is -0.480 e. The summed E-state index contributed by atoms with van der Waals surface area (Å²) in [6.07, 6.45) is 0. The van der Waals surface area contributed by atoms with Crippen molar-refractivity contribution in [3.05, 3.63) is 65.2 Å². The predicted molar refractivity (Wildman–Crippen MR) is 96.4 cm³/mol. The summed E-state index contributed by atoms with van der Waals surface area (Å²) in [4.78, 5) is 26.2. The molecule has 1 amide bonds. The van der Waals surface area contributed by atoms with Gasteiger partial charge in [0, 0.05) is 18.5 Å². The maximum atomic E-state index is 12.8. The van der Waals surface area contributed by atoms with Crippen molar-refractivity contribution in [1.29, 1.82) is 0 Å². The summed E-state index contributed by atoms with van der Waals surface area (Å²) in [5.74, 6) is -1.01. The number of carboxylic acids is 1. The summed E-state index contributed by atoms with van der Waals surface area (Å²) in [6, 6.07) is 15.1. The van der Waals surface area contributed by atoms with Crippen LogP contribution >= 0.6 is 11.8 Å². The second-order valence-electron chi connectivity index (χ2n) is 5.68. The van der Waals surface area contributed by atoms with Gasteiger partial charge in [0.1, 0.15) is 5.25 Å². The molecule has 0 saturated carbocycles. The first-order valence-corrected chi connectivity index (χ1v) is 8.56. The fourth-order valence-corrected chi connectivity index (χ4v) is 3.23. The predicted octanol–water partition coefficient (Wildman–Crippen LogP) is 3.83. The third-order valence-electron chi connectivity index (χ3n) is 3.78. The molecule has 2 aromatic carbocycles. The van der Waals surface area contributed by atoms with E-state index >= 15 is 0 Å². The van der Waals surface area contributed by atoms with Crippen molar-refractivity contribution in [3.8, 4) is 0 Å². The molecule has 126 valence electrons. The van der Waals surface area contributed by atoms with Crippen LogP contribution in [0.1, 0.15) is 28.4 Å². The number of carbonyl (C=O) groups is 2. The van der Waals surface area contributed by atoms with E-state index in [1.54, 1.807) is 37.1 Å². The van der Waals surface area contributed by atoms with E-state index < -0.39 is 11.2 Å². The van der Waals surface area contributed by atoms with Gasteiger partial charge in [0.15, 0.2) is 0 Å². The molecule has 1 atom stereocenters. The average Bonchev–Trinajstić information content (AvgIpc) is 2.56. The normalized spacial score (nSPS) is 11.8. The van der Waals surface area contributed by atoms with Gasteiger partial charge in [0.05, 0.1) is 5.56 Å². The molecule has 0 aromatic heterocycles. The highest BCUT2D eigenvalue weighted by atomic mass is 32.2. The van der Waals surface area contributed by atoms with E-state index in [1.165, 1.54) is 11.8 Å².